The molecule has 0 radical (unpaired) electrons. The van der Waals surface area contributed by atoms with E-state index in [1.807, 2.05) is 12.1 Å². The van der Waals surface area contributed by atoms with Gasteiger partial charge in [-0.05, 0) is 30.5 Å². The monoisotopic (exact) mass is 264 g/mol. The van der Waals surface area contributed by atoms with Crippen LogP contribution in [0.3, 0.4) is 0 Å². The zero-order valence-corrected chi connectivity index (χ0v) is 10.8. The number of benzene rings is 1. The summed E-state index contributed by atoms with van der Waals surface area (Å²) in [5.41, 5.74) is 5.35. The molecule has 17 heavy (non-hydrogen) atoms. The molecule has 0 spiro atoms. The molecule has 0 amide bonds. The van der Waals surface area contributed by atoms with Crippen LogP contribution in [-0.4, -0.2) is 43.4 Å². The Bertz CT molecular complexity index is 275. The second kappa shape index (κ2) is 11.7. The van der Waals surface area contributed by atoms with Crippen molar-refractivity contribution in [2.75, 3.05) is 32.5 Å². The van der Waals surface area contributed by atoms with Crippen molar-refractivity contribution in [2.24, 2.45) is 5.73 Å². The average Bonchev–Trinajstić information content (AvgIpc) is 2.30. The SMILES string of the molecule is CSc1ccc(OCCNCCN)cc1.O.O.[HH]. The second-order valence-electron chi connectivity index (χ2n) is 3.06. The van der Waals surface area contributed by atoms with Crippen molar-refractivity contribution in [1.29, 1.82) is 0 Å². The maximum atomic E-state index is 5.54. The summed E-state index contributed by atoms with van der Waals surface area (Å²) in [6.07, 6.45) is 2.06. The van der Waals surface area contributed by atoms with E-state index >= 15 is 0 Å². The van der Waals surface area contributed by atoms with Crippen molar-refractivity contribution < 1.29 is 17.1 Å². The zero-order valence-electron chi connectivity index (χ0n) is 10.0. The molecular formula is C11H24N2O3S. The van der Waals surface area contributed by atoms with Gasteiger partial charge in [-0.3, -0.25) is 0 Å². The standard InChI is InChI=1S/C11H18N2OS.2H2O.H2/c1-15-11-4-2-10(3-5-11)14-9-8-13-7-6-12;;;/h2-5,13H,6-9,12H2,1H3;2*1H2;1H. The Labute approximate surface area is 108 Å². The van der Waals surface area contributed by atoms with Gasteiger partial charge in [-0.15, -0.1) is 11.8 Å². The van der Waals surface area contributed by atoms with E-state index in [-0.39, 0.29) is 12.4 Å². The van der Waals surface area contributed by atoms with Crippen LogP contribution in [0.2, 0.25) is 0 Å². The van der Waals surface area contributed by atoms with Gasteiger partial charge in [0.1, 0.15) is 12.4 Å². The molecule has 0 saturated carbocycles. The lowest BCUT2D eigenvalue weighted by Gasteiger charge is -2.07. The third-order valence-electron chi connectivity index (χ3n) is 1.93. The predicted molar refractivity (Wildman–Crippen MR) is 75.0 cm³/mol. The highest BCUT2D eigenvalue weighted by Gasteiger charge is 1.93. The van der Waals surface area contributed by atoms with Gasteiger partial charge in [0.15, 0.2) is 0 Å². The first-order valence-electron chi connectivity index (χ1n) is 5.04. The van der Waals surface area contributed by atoms with Crippen LogP contribution in [0.15, 0.2) is 29.2 Å². The fourth-order valence-electron chi connectivity index (χ4n) is 1.14. The number of ether oxygens (including phenoxy) is 1. The van der Waals surface area contributed by atoms with Crippen LogP contribution in [0, 0.1) is 0 Å². The topological polar surface area (TPSA) is 110 Å². The molecule has 1 aromatic rings. The zero-order chi connectivity index (χ0) is 10.9. The van der Waals surface area contributed by atoms with Crippen LogP contribution in [0.1, 0.15) is 1.43 Å². The number of thioether (sulfide) groups is 1. The largest absolute Gasteiger partial charge is 0.492 e. The third kappa shape index (κ3) is 8.00. The van der Waals surface area contributed by atoms with E-state index in [0.29, 0.717) is 13.2 Å². The summed E-state index contributed by atoms with van der Waals surface area (Å²) in [5, 5.41) is 3.17. The number of rotatable bonds is 7. The molecule has 0 heterocycles. The molecule has 0 fully saturated rings. The summed E-state index contributed by atoms with van der Waals surface area (Å²) in [5.74, 6) is 0.919. The van der Waals surface area contributed by atoms with Crippen molar-refractivity contribution in [1.82, 2.24) is 5.32 Å². The van der Waals surface area contributed by atoms with Crippen LogP contribution >= 0.6 is 11.8 Å². The molecule has 1 rings (SSSR count). The smallest absolute Gasteiger partial charge is 0.119 e. The third-order valence-corrected chi connectivity index (χ3v) is 2.67. The highest BCUT2D eigenvalue weighted by atomic mass is 32.2. The molecule has 5 nitrogen and oxygen atoms in total. The van der Waals surface area contributed by atoms with E-state index in [9.17, 15) is 0 Å². The predicted octanol–water partition coefficient (Wildman–Crippen LogP) is -0.0678. The number of nitrogens with two attached hydrogens (primary N) is 1. The van der Waals surface area contributed by atoms with Crippen molar-refractivity contribution in [3.8, 4) is 5.75 Å². The normalized spacial score (nSPS) is 9.06. The minimum Gasteiger partial charge on any atom is -0.492 e. The van der Waals surface area contributed by atoms with E-state index in [1.165, 1.54) is 4.90 Å². The fourth-order valence-corrected chi connectivity index (χ4v) is 1.55. The molecule has 102 valence electrons. The molecule has 0 aliphatic carbocycles. The molecule has 0 atom stereocenters. The Kier molecular flexibility index (Phi) is 12.8. The van der Waals surface area contributed by atoms with Gasteiger partial charge in [-0.1, -0.05) is 0 Å². The lowest BCUT2D eigenvalue weighted by atomic mass is 10.3. The lowest BCUT2D eigenvalue weighted by molar-refractivity contribution is 0.314. The number of hydrogen-bond acceptors (Lipinski definition) is 4. The number of nitrogens with one attached hydrogen (secondary N) is 1. The lowest BCUT2D eigenvalue weighted by Crippen LogP contribution is -2.26. The maximum absolute atomic E-state index is 5.54. The van der Waals surface area contributed by atoms with Gasteiger partial charge in [0.25, 0.3) is 0 Å². The summed E-state index contributed by atoms with van der Waals surface area (Å²) in [6, 6.07) is 8.12. The first-order valence-corrected chi connectivity index (χ1v) is 6.27. The van der Waals surface area contributed by atoms with Crippen LogP contribution in [0.4, 0.5) is 0 Å². The highest BCUT2D eigenvalue weighted by molar-refractivity contribution is 7.98. The highest BCUT2D eigenvalue weighted by Crippen LogP contribution is 2.18. The van der Waals surface area contributed by atoms with Crippen molar-refractivity contribution in [3.05, 3.63) is 24.3 Å². The fraction of sp³-hybridized carbons (Fsp3) is 0.455. The first kappa shape index (κ1) is 18.6. The molecular weight excluding hydrogens is 240 g/mol. The van der Waals surface area contributed by atoms with Gasteiger partial charge in [-0.2, -0.15) is 0 Å². The van der Waals surface area contributed by atoms with Gasteiger partial charge < -0.3 is 26.7 Å². The van der Waals surface area contributed by atoms with Crippen molar-refractivity contribution >= 4 is 11.8 Å². The molecule has 1 aromatic carbocycles. The van der Waals surface area contributed by atoms with Crippen LogP contribution in [0.25, 0.3) is 0 Å². The summed E-state index contributed by atoms with van der Waals surface area (Å²) >= 11 is 1.73. The quantitative estimate of drug-likeness (QED) is 0.530. The second-order valence-corrected chi connectivity index (χ2v) is 3.94. The molecule has 7 N–H and O–H groups in total. The molecule has 6 heteroatoms. The van der Waals surface area contributed by atoms with Gasteiger partial charge in [0, 0.05) is 26.0 Å². The average molecular weight is 264 g/mol. The Morgan fingerprint density at radius 3 is 2.41 bits per heavy atom. The Morgan fingerprint density at radius 2 is 1.88 bits per heavy atom. The van der Waals surface area contributed by atoms with E-state index in [4.69, 9.17) is 10.5 Å². The number of hydrogen-bond donors (Lipinski definition) is 2. The van der Waals surface area contributed by atoms with E-state index in [2.05, 4.69) is 23.7 Å². The molecule has 0 aliphatic heterocycles. The maximum Gasteiger partial charge on any atom is 0.119 e. The van der Waals surface area contributed by atoms with Crippen LogP contribution in [-0.2, 0) is 0 Å². The summed E-state index contributed by atoms with van der Waals surface area (Å²) in [6.45, 7) is 3.03. The Morgan fingerprint density at radius 1 is 1.24 bits per heavy atom. The van der Waals surface area contributed by atoms with Crippen molar-refractivity contribution in [3.63, 3.8) is 0 Å². The molecule has 0 saturated heterocycles. The van der Waals surface area contributed by atoms with E-state index in [0.717, 1.165) is 18.8 Å². The molecule has 0 aliphatic rings. The molecule has 0 unspecified atom stereocenters. The molecule has 0 bridgehead atoms. The van der Waals surface area contributed by atoms with Gasteiger partial charge >= 0.3 is 0 Å². The van der Waals surface area contributed by atoms with Crippen molar-refractivity contribution in [2.45, 2.75) is 4.90 Å². The van der Waals surface area contributed by atoms with E-state index in [1.54, 1.807) is 11.8 Å². The van der Waals surface area contributed by atoms with Gasteiger partial charge in [0.05, 0.1) is 0 Å². The summed E-state index contributed by atoms with van der Waals surface area (Å²) < 4.78 is 5.54. The van der Waals surface area contributed by atoms with Crippen LogP contribution < -0.4 is 15.8 Å². The minimum absolute atomic E-state index is 0. The first-order chi connectivity index (χ1) is 7.36. The Hall–Kier alpha value is -0.790. The Balaban J connectivity index is -0.000000750. The summed E-state index contributed by atoms with van der Waals surface area (Å²) in [7, 11) is 0. The van der Waals surface area contributed by atoms with Gasteiger partial charge in [-0.25, -0.2) is 0 Å². The van der Waals surface area contributed by atoms with Crippen LogP contribution in [0.5, 0.6) is 5.75 Å². The minimum atomic E-state index is 0. The van der Waals surface area contributed by atoms with E-state index < -0.39 is 0 Å². The molecule has 0 aromatic heterocycles. The van der Waals surface area contributed by atoms with Gasteiger partial charge in [0.2, 0.25) is 0 Å². The summed E-state index contributed by atoms with van der Waals surface area (Å²) in [4.78, 5) is 1.25.